The van der Waals surface area contributed by atoms with Crippen LogP contribution in [0.5, 0.6) is 0 Å². The van der Waals surface area contributed by atoms with Crippen LogP contribution in [-0.4, -0.2) is 86.9 Å². The fraction of sp³-hybridized carbons (Fsp3) is 0.944. The number of hydrogen-bond acceptors (Lipinski definition) is 5. The molecule has 1 amide bonds. The van der Waals surface area contributed by atoms with Gasteiger partial charge in [-0.15, -0.1) is 0 Å². The van der Waals surface area contributed by atoms with E-state index in [0.29, 0.717) is 24.5 Å². The first-order valence-electron chi connectivity index (χ1n) is 9.75. The zero-order chi connectivity index (χ0) is 16.6. The largest absolute Gasteiger partial charge is 0.376 e. The number of rotatable bonds is 6. The van der Waals surface area contributed by atoms with Gasteiger partial charge in [-0.1, -0.05) is 0 Å². The Morgan fingerprint density at radius 2 is 1.88 bits per heavy atom. The first-order chi connectivity index (χ1) is 11.8. The fourth-order valence-electron chi connectivity index (χ4n) is 3.81. The van der Waals surface area contributed by atoms with E-state index in [0.717, 1.165) is 78.3 Å². The maximum absolute atomic E-state index is 12.2. The summed E-state index contributed by atoms with van der Waals surface area (Å²) in [6.45, 7) is 8.21. The summed E-state index contributed by atoms with van der Waals surface area (Å²) >= 11 is 0. The molecule has 3 aliphatic heterocycles. The lowest BCUT2D eigenvalue weighted by atomic mass is 10.1. The van der Waals surface area contributed by atoms with Gasteiger partial charge in [0, 0.05) is 58.8 Å². The molecule has 3 fully saturated rings. The second-order valence-corrected chi connectivity index (χ2v) is 7.24. The summed E-state index contributed by atoms with van der Waals surface area (Å²) in [6, 6.07) is 0. The molecule has 0 saturated carbocycles. The predicted molar refractivity (Wildman–Crippen MR) is 93.1 cm³/mol. The topological polar surface area (TPSA) is 54.0 Å². The minimum absolute atomic E-state index is 0.310. The van der Waals surface area contributed by atoms with Crippen molar-refractivity contribution in [2.45, 2.75) is 50.7 Å². The Hall–Kier alpha value is -0.690. The third-order valence-corrected chi connectivity index (χ3v) is 5.44. The highest BCUT2D eigenvalue weighted by molar-refractivity contribution is 5.76. The summed E-state index contributed by atoms with van der Waals surface area (Å²) < 4.78 is 11.8. The van der Waals surface area contributed by atoms with Crippen LogP contribution in [0, 0.1) is 0 Å². The third kappa shape index (κ3) is 5.69. The van der Waals surface area contributed by atoms with Crippen LogP contribution in [-0.2, 0) is 14.3 Å². The van der Waals surface area contributed by atoms with Crippen molar-refractivity contribution in [3.05, 3.63) is 0 Å². The molecule has 0 spiro atoms. The number of piperazine rings is 1. The predicted octanol–water partition coefficient (Wildman–Crippen LogP) is 0.858. The standard InChI is InChI=1S/C18H33N3O3/c22-18(21-12-7-19-8-13-21)6-11-20-9-4-16(5-10-20)24-15-17-3-1-2-14-23-17/h16-17,19H,1-15H2. The van der Waals surface area contributed by atoms with Crippen molar-refractivity contribution in [1.29, 1.82) is 0 Å². The minimum atomic E-state index is 0.310. The van der Waals surface area contributed by atoms with Gasteiger partial charge in [0.25, 0.3) is 0 Å². The molecule has 1 N–H and O–H groups in total. The maximum atomic E-state index is 12.2. The molecule has 3 heterocycles. The monoisotopic (exact) mass is 339 g/mol. The van der Waals surface area contributed by atoms with Gasteiger partial charge in [-0.2, -0.15) is 0 Å². The number of nitrogens with one attached hydrogen (secondary N) is 1. The number of piperidine rings is 1. The minimum Gasteiger partial charge on any atom is -0.376 e. The van der Waals surface area contributed by atoms with Crippen LogP contribution < -0.4 is 5.32 Å². The Bertz CT molecular complexity index is 374. The molecule has 1 atom stereocenters. The van der Waals surface area contributed by atoms with Gasteiger partial charge in [-0.25, -0.2) is 0 Å². The molecule has 3 saturated heterocycles. The van der Waals surface area contributed by atoms with Crippen molar-refractivity contribution in [3.63, 3.8) is 0 Å². The van der Waals surface area contributed by atoms with Gasteiger partial charge in [0.2, 0.25) is 5.91 Å². The molecule has 3 rings (SSSR count). The van der Waals surface area contributed by atoms with Crippen molar-refractivity contribution < 1.29 is 14.3 Å². The highest BCUT2D eigenvalue weighted by Gasteiger charge is 2.23. The highest BCUT2D eigenvalue weighted by Crippen LogP contribution is 2.18. The van der Waals surface area contributed by atoms with E-state index in [4.69, 9.17) is 9.47 Å². The molecule has 3 aliphatic rings. The van der Waals surface area contributed by atoms with E-state index < -0.39 is 0 Å². The molecule has 0 bridgehead atoms. The summed E-state index contributed by atoms with van der Waals surface area (Å²) in [7, 11) is 0. The third-order valence-electron chi connectivity index (χ3n) is 5.44. The zero-order valence-corrected chi connectivity index (χ0v) is 14.9. The number of carbonyl (C=O) groups excluding carboxylic acids is 1. The number of amides is 1. The van der Waals surface area contributed by atoms with Crippen LogP contribution in [0.3, 0.4) is 0 Å². The van der Waals surface area contributed by atoms with E-state index in [-0.39, 0.29) is 0 Å². The summed E-state index contributed by atoms with van der Waals surface area (Å²) in [5, 5.41) is 3.29. The Morgan fingerprint density at radius 3 is 2.58 bits per heavy atom. The number of nitrogens with zero attached hydrogens (tertiary/aromatic N) is 2. The van der Waals surface area contributed by atoms with E-state index in [2.05, 4.69) is 10.2 Å². The number of likely N-dealkylation sites (tertiary alicyclic amines) is 1. The summed E-state index contributed by atoms with van der Waals surface area (Å²) in [6.07, 6.45) is 7.11. The number of carbonyl (C=O) groups is 1. The first kappa shape index (κ1) is 18.1. The smallest absolute Gasteiger partial charge is 0.223 e. The second-order valence-electron chi connectivity index (χ2n) is 7.24. The Kier molecular flexibility index (Phi) is 7.32. The van der Waals surface area contributed by atoms with Crippen LogP contribution in [0.1, 0.15) is 38.5 Å². The quantitative estimate of drug-likeness (QED) is 0.778. The lowest BCUT2D eigenvalue weighted by molar-refractivity contribution is -0.132. The lowest BCUT2D eigenvalue weighted by Gasteiger charge is -2.34. The molecule has 1 unspecified atom stereocenters. The van der Waals surface area contributed by atoms with E-state index in [1.165, 1.54) is 12.8 Å². The average molecular weight is 339 g/mol. The van der Waals surface area contributed by atoms with Gasteiger partial charge in [-0.05, 0) is 32.1 Å². The van der Waals surface area contributed by atoms with E-state index >= 15 is 0 Å². The molecular weight excluding hydrogens is 306 g/mol. The molecule has 6 heteroatoms. The molecule has 24 heavy (non-hydrogen) atoms. The van der Waals surface area contributed by atoms with Crippen molar-refractivity contribution >= 4 is 5.91 Å². The molecule has 0 aliphatic carbocycles. The van der Waals surface area contributed by atoms with Gasteiger partial charge >= 0.3 is 0 Å². The van der Waals surface area contributed by atoms with Crippen LogP contribution >= 0.6 is 0 Å². The Balaban J connectivity index is 1.27. The molecule has 0 radical (unpaired) electrons. The lowest BCUT2D eigenvalue weighted by Crippen LogP contribution is -2.47. The van der Waals surface area contributed by atoms with Gasteiger partial charge in [-0.3, -0.25) is 4.79 Å². The summed E-state index contributed by atoms with van der Waals surface area (Å²) in [5.41, 5.74) is 0. The SMILES string of the molecule is O=C(CCN1CCC(OCC2CCCCO2)CC1)N1CCNCC1. The second kappa shape index (κ2) is 9.70. The van der Waals surface area contributed by atoms with Gasteiger partial charge in [0.05, 0.1) is 18.8 Å². The van der Waals surface area contributed by atoms with Crippen molar-refractivity contribution in [2.24, 2.45) is 0 Å². The average Bonchev–Trinajstić information content (AvgIpc) is 2.67. The molecule has 0 aromatic heterocycles. The van der Waals surface area contributed by atoms with Gasteiger partial charge in [0.1, 0.15) is 0 Å². The van der Waals surface area contributed by atoms with Crippen molar-refractivity contribution in [1.82, 2.24) is 15.1 Å². The molecule has 0 aromatic rings. The first-order valence-corrected chi connectivity index (χ1v) is 9.75. The number of hydrogen-bond donors (Lipinski definition) is 1. The maximum Gasteiger partial charge on any atom is 0.223 e. The van der Waals surface area contributed by atoms with Crippen molar-refractivity contribution in [2.75, 3.05) is 59.0 Å². The normalized spacial score (nSPS) is 27.3. The van der Waals surface area contributed by atoms with Crippen LogP contribution in [0.25, 0.3) is 0 Å². The molecule has 0 aromatic carbocycles. The fourth-order valence-corrected chi connectivity index (χ4v) is 3.81. The van der Waals surface area contributed by atoms with Crippen LogP contribution in [0.4, 0.5) is 0 Å². The van der Waals surface area contributed by atoms with Crippen LogP contribution in [0.2, 0.25) is 0 Å². The van der Waals surface area contributed by atoms with E-state index in [1.807, 2.05) is 4.90 Å². The molecular formula is C18H33N3O3. The molecule has 138 valence electrons. The zero-order valence-electron chi connectivity index (χ0n) is 14.9. The van der Waals surface area contributed by atoms with Gasteiger partial charge in [0.15, 0.2) is 0 Å². The summed E-state index contributed by atoms with van der Waals surface area (Å²) in [5.74, 6) is 0.310. The van der Waals surface area contributed by atoms with E-state index in [9.17, 15) is 4.79 Å². The van der Waals surface area contributed by atoms with E-state index in [1.54, 1.807) is 0 Å². The Morgan fingerprint density at radius 1 is 1.08 bits per heavy atom. The molecule has 6 nitrogen and oxygen atoms in total. The summed E-state index contributed by atoms with van der Waals surface area (Å²) in [4.78, 5) is 16.6. The highest BCUT2D eigenvalue weighted by atomic mass is 16.5. The van der Waals surface area contributed by atoms with Gasteiger partial charge < -0.3 is 24.6 Å². The van der Waals surface area contributed by atoms with Crippen molar-refractivity contribution in [3.8, 4) is 0 Å². The van der Waals surface area contributed by atoms with Crippen LogP contribution in [0.15, 0.2) is 0 Å². The Labute approximate surface area is 145 Å². The number of ether oxygens (including phenoxy) is 2.